The summed E-state index contributed by atoms with van der Waals surface area (Å²) in [5.41, 5.74) is 5.41. The summed E-state index contributed by atoms with van der Waals surface area (Å²) >= 11 is 0. The van der Waals surface area contributed by atoms with Crippen LogP contribution in [0.15, 0.2) is 54.9 Å². The van der Waals surface area contributed by atoms with Crippen LogP contribution in [0.1, 0.15) is 30.9 Å². The summed E-state index contributed by atoms with van der Waals surface area (Å²) in [6.07, 6.45) is 6.26. The molecule has 3 aromatic rings. The maximum absolute atomic E-state index is 13.5. The highest BCUT2D eigenvalue weighted by Gasteiger charge is 2.24. The Bertz CT molecular complexity index is 1010. The van der Waals surface area contributed by atoms with Gasteiger partial charge in [-0.3, -0.25) is 9.78 Å². The highest BCUT2D eigenvalue weighted by Crippen LogP contribution is 2.37. The van der Waals surface area contributed by atoms with Gasteiger partial charge in [0.2, 0.25) is 5.91 Å². The number of aromatic amines is 1. The Morgan fingerprint density at radius 1 is 1.10 bits per heavy atom. The van der Waals surface area contributed by atoms with Crippen molar-refractivity contribution < 1.29 is 9.18 Å². The van der Waals surface area contributed by atoms with Gasteiger partial charge in [0.15, 0.2) is 0 Å². The van der Waals surface area contributed by atoms with Crippen LogP contribution in [-0.4, -0.2) is 59.4 Å². The lowest BCUT2D eigenvalue weighted by molar-refractivity contribution is -0.129. The monoisotopic (exact) mass is 420 g/mol. The summed E-state index contributed by atoms with van der Waals surface area (Å²) in [6, 6.07) is 12.9. The third-order valence-corrected chi connectivity index (χ3v) is 6.13. The van der Waals surface area contributed by atoms with Gasteiger partial charge >= 0.3 is 0 Å². The van der Waals surface area contributed by atoms with E-state index in [1.54, 1.807) is 31.4 Å². The van der Waals surface area contributed by atoms with Crippen LogP contribution in [0, 0.1) is 5.82 Å². The molecule has 1 N–H and O–H groups in total. The number of carbonyl (C=O) groups excluding carboxylic acids is 1. The van der Waals surface area contributed by atoms with Crippen molar-refractivity contribution >= 4 is 5.91 Å². The maximum atomic E-state index is 13.5. The van der Waals surface area contributed by atoms with Crippen molar-refractivity contribution in [2.24, 2.45) is 0 Å². The zero-order chi connectivity index (χ0) is 21.8. The molecule has 2 aromatic heterocycles. The zero-order valence-electron chi connectivity index (χ0n) is 18.1. The van der Waals surface area contributed by atoms with Crippen molar-refractivity contribution in [1.82, 2.24) is 19.8 Å². The predicted molar refractivity (Wildman–Crippen MR) is 121 cm³/mol. The summed E-state index contributed by atoms with van der Waals surface area (Å²) in [4.78, 5) is 23.7. The molecular weight excluding hydrogens is 391 g/mol. The first kappa shape index (κ1) is 21.2. The van der Waals surface area contributed by atoms with E-state index in [1.165, 1.54) is 17.8 Å². The molecule has 1 amide bonds. The average molecular weight is 421 g/mol. The number of hydrogen-bond donors (Lipinski definition) is 1. The van der Waals surface area contributed by atoms with Crippen LogP contribution in [0.5, 0.6) is 0 Å². The molecule has 0 bridgehead atoms. The molecule has 0 spiro atoms. The van der Waals surface area contributed by atoms with Crippen molar-refractivity contribution in [1.29, 1.82) is 0 Å². The van der Waals surface area contributed by atoms with Crippen LogP contribution in [0.25, 0.3) is 22.4 Å². The predicted octanol–water partition coefficient (Wildman–Crippen LogP) is 4.54. The number of amides is 1. The normalized spacial score (nSPS) is 15.2. The Hall–Kier alpha value is -2.99. The van der Waals surface area contributed by atoms with Crippen LogP contribution in [-0.2, 0) is 4.79 Å². The van der Waals surface area contributed by atoms with E-state index in [9.17, 15) is 9.18 Å². The van der Waals surface area contributed by atoms with Crippen molar-refractivity contribution in [3.8, 4) is 22.4 Å². The van der Waals surface area contributed by atoms with E-state index in [0.717, 1.165) is 54.9 Å². The third-order valence-electron chi connectivity index (χ3n) is 6.13. The number of nitrogens with zero attached hydrogens (tertiary/aromatic N) is 3. The molecule has 0 unspecified atom stereocenters. The van der Waals surface area contributed by atoms with Gasteiger partial charge in [-0.05, 0) is 79.5 Å². The lowest BCUT2D eigenvalue weighted by Gasteiger charge is -2.31. The number of benzene rings is 1. The standard InChI is InChI=1S/C25H29FN4O/c1-29(2)24(31)11-16-30-14-9-19(10-15-30)23-17-22(18-7-12-27-13-8-18)25(28-23)20-3-5-21(26)6-4-20/h3-8,12-13,17,19,28H,9-11,14-16H2,1-2H3. The van der Waals surface area contributed by atoms with Gasteiger partial charge in [-0.1, -0.05) is 0 Å². The molecule has 162 valence electrons. The highest BCUT2D eigenvalue weighted by atomic mass is 19.1. The van der Waals surface area contributed by atoms with E-state index < -0.39 is 0 Å². The minimum Gasteiger partial charge on any atom is -0.358 e. The molecule has 31 heavy (non-hydrogen) atoms. The number of hydrogen-bond acceptors (Lipinski definition) is 3. The third kappa shape index (κ3) is 5.02. The second-order valence-electron chi connectivity index (χ2n) is 8.41. The van der Waals surface area contributed by atoms with E-state index in [2.05, 4.69) is 20.9 Å². The van der Waals surface area contributed by atoms with Crippen molar-refractivity contribution in [2.75, 3.05) is 33.7 Å². The van der Waals surface area contributed by atoms with Gasteiger partial charge in [0.1, 0.15) is 5.82 Å². The lowest BCUT2D eigenvalue weighted by Crippen LogP contribution is -2.36. The van der Waals surface area contributed by atoms with Crippen LogP contribution < -0.4 is 0 Å². The first-order valence-corrected chi connectivity index (χ1v) is 10.8. The van der Waals surface area contributed by atoms with E-state index in [4.69, 9.17) is 0 Å². The van der Waals surface area contributed by atoms with Gasteiger partial charge in [0, 0.05) is 56.6 Å². The molecule has 0 aliphatic carbocycles. The van der Waals surface area contributed by atoms with Gasteiger partial charge < -0.3 is 14.8 Å². The summed E-state index contributed by atoms with van der Waals surface area (Å²) in [6.45, 7) is 2.79. The van der Waals surface area contributed by atoms with E-state index in [0.29, 0.717) is 12.3 Å². The van der Waals surface area contributed by atoms with Crippen LogP contribution in [0.2, 0.25) is 0 Å². The number of piperidine rings is 1. The van der Waals surface area contributed by atoms with Gasteiger partial charge in [-0.15, -0.1) is 0 Å². The molecular formula is C25H29FN4O. The summed E-state index contributed by atoms with van der Waals surface area (Å²) in [7, 11) is 3.61. The zero-order valence-corrected chi connectivity index (χ0v) is 18.1. The van der Waals surface area contributed by atoms with E-state index >= 15 is 0 Å². The second-order valence-corrected chi connectivity index (χ2v) is 8.41. The fourth-order valence-corrected chi connectivity index (χ4v) is 4.24. The van der Waals surface area contributed by atoms with E-state index in [1.807, 2.05) is 24.3 Å². The molecule has 5 nitrogen and oxygen atoms in total. The Labute approximate surface area is 182 Å². The number of pyridine rings is 1. The molecule has 1 aliphatic rings. The van der Waals surface area contributed by atoms with Crippen molar-refractivity contribution in [2.45, 2.75) is 25.2 Å². The molecule has 1 fully saturated rings. The Morgan fingerprint density at radius 2 is 1.77 bits per heavy atom. The van der Waals surface area contributed by atoms with Crippen LogP contribution in [0.3, 0.4) is 0 Å². The molecule has 3 heterocycles. The van der Waals surface area contributed by atoms with Crippen molar-refractivity contribution in [3.05, 3.63) is 66.4 Å². The van der Waals surface area contributed by atoms with Crippen LogP contribution >= 0.6 is 0 Å². The quantitative estimate of drug-likeness (QED) is 0.637. The number of rotatable bonds is 6. The maximum Gasteiger partial charge on any atom is 0.223 e. The number of H-pyrrole nitrogens is 1. The van der Waals surface area contributed by atoms with Gasteiger partial charge in [0.05, 0.1) is 5.69 Å². The van der Waals surface area contributed by atoms with Gasteiger partial charge in [-0.25, -0.2) is 4.39 Å². The molecule has 4 rings (SSSR count). The number of likely N-dealkylation sites (tertiary alicyclic amines) is 1. The van der Waals surface area contributed by atoms with Gasteiger partial charge in [0.25, 0.3) is 0 Å². The molecule has 1 aromatic carbocycles. The fraction of sp³-hybridized carbons (Fsp3) is 0.360. The second kappa shape index (κ2) is 9.43. The summed E-state index contributed by atoms with van der Waals surface area (Å²) in [5, 5.41) is 0. The number of carbonyl (C=O) groups is 1. The molecule has 0 atom stereocenters. The SMILES string of the molecule is CN(C)C(=O)CCN1CCC(c2cc(-c3ccncc3)c(-c3ccc(F)cc3)[nH]2)CC1. The number of aromatic nitrogens is 2. The molecule has 1 saturated heterocycles. The Morgan fingerprint density at radius 3 is 2.42 bits per heavy atom. The minimum absolute atomic E-state index is 0.178. The van der Waals surface area contributed by atoms with Crippen molar-refractivity contribution in [3.63, 3.8) is 0 Å². The number of halogens is 1. The summed E-state index contributed by atoms with van der Waals surface area (Å²) < 4.78 is 13.5. The largest absolute Gasteiger partial charge is 0.358 e. The molecule has 0 saturated carbocycles. The highest BCUT2D eigenvalue weighted by molar-refractivity contribution is 5.82. The summed E-state index contributed by atoms with van der Waals surface area (Å²) in [5.74, 6) is 0.383. The van der Waals surface area contributed by atoms with E-state index in [-0.39, 0.29) is 11.7 Å². The Kier molecular flexibility index (Phi) is 6.47. The number of nitrogens with one attached hydrogen (secondary N) is 1. The fourth-order valence-electron chi connectivity index (χ4n) is 4.24. The van der Waals surface area contributed by atoms with Crippen LogP contribution in [0.4, 0.5) is 4.39 Å². The minimum atomic E-state index is -0.235. The Balaban J connectivity index is 1.52. The average Bonchev–Trinajstić information content (AvgIpc) is 3.24. The topological polar surface area (TPSA) is 52.2 Å². The first-order chi connectivity index (χ1) is 15.0. The molecule has 1 aliphatic heterocycles. The van der Waals surface area contributed by atoms with Gasteiger partial charge in [-0.2, -0.15) is 0 Å². The molecule has 0 radical (unpaired) electrons. The smallest absolute Gasteiger partial charge is 0.223 e. The molecule has 6 heteroatoms. The lowest BCUT2D eigenvalue weighted by atomic mass is 9.93. The first-order valence-electron chi connectivity index (χ1n) is 10.8.